The van der Waals surface area contributed by atoms with Crippen molar-refractivity contribution in [1.82, 2.24) is 15.1 Å². The highest BCUT2D eigenvalue weighted by Gasteiger charge is 1.92. The molecule has 4 nitrogen and oxygen atoms in total. The first kappa shape index (κ1) is 5.81. The molecule has 0 radical (unpaired) electrons. The summed E-state index contributed by atoms with van der Waals surface area (Å²) in [7, 11) is 0. The fraction of sp³-hybridized carbons (Fsp3) is 0.200. The van der Waals surface area contributed by atoms with Crippen molar-refractivity contribution in [2.24, 2.45) is 0 Å². The second-order valence-corrected chi connectivity index (χ2v) is 1.68. The number of nitrogens with two attached hydrogens (primary N) is 1. The van der Waals surface area contributed by atoms with E-state index in [1.54, 1.807) is 12.3 Å². The molecule has 0 aliphatic rings. The van der Waals surface area contributed by atoms with E-state index in [4.69, 9.17) is 5.84 Å². The van der Waals surface area contributed by atoms with Crippen LogP contribution in [0.15, 0.2) is 18.9 Å². The van der Waals surface area contributed by atoms with E-state index >= 15 is 0 Å². The van der Waals surface area contributed by atoms with Crippen LogP contribution in [0.25, 0.3) is 0 Å². The third-order valence-corrected chi connectivity index (χ3v) is 0.911. The molecule has 0 fully saturated rings. The molecule has 2 N–H and O–H groups in total. The topological polar surface area (TPSA) is 56.7 Å². The summed E-state index contributed by atoms with van der Waals surface area (Å²) in [5, 5.41) is 7.25. The number of hydrogen-bond donors (Lipinski definition) is 1. The highest BCUT2D eigenvalue weighted by Crippen LogP contribution is 1.90. The maximum Gasteiger partial charge on any atom is 0.0886 e. The molecular weight excluding hydrogens is 116 g/mol. The van der Waals surface area contributed by atoms with Crippen molar-refractivity contribution < 1.29 is 0 Å². The van der Waals surface area contributed by atoms with Gasteiger partial charge >= 0.3 is 0 Å². The molecule has 0 aliphatic carbocycles. The van der Waals surface area contributed by atoms with Gasteiger partial charge in [0.15, 0.2) is 0 Å². The van der Waals surface area contributed by atoms with Crippen LogP contribution in [0.5, 0.6) is 0 Å². The molecule has 0 saturated carbocycles. The highest BCUT2D eigenvalue weighted by atomic mass is 15.6. The Kier molecular flexibility index (Phi) is 1.48. The average Bonchev–Trinajstić information content (AvgIpc) is 2.17. The van der Waals surface area contributed by atoms with Crippen LogP contribution in [0.4, 0.5) is 0 Å². The Hall–Kier alpha value is -1.32. The van der Waals surface area contributed by atoms with Crippen molar-refractivity contribution in [3.05, 3.63) is 24.5 Å². The van der Waals surface area contributed by atoms with E-state index in [2.05, 4.69) is 16.9 Å². The summed E-state index contributed by atoms with van der Waals surface area (Å²) in [6, 6.07) is 0. The van der Waals surface area contributed by atoms with Gasteiger partial charge in [0.2, 0.25) is 0 Å². The van der Waals surface area contributed by atoms with Crippen LogP contribution in [0.2, 0.25) is 0 Å². The molecule has 4 heteroatoms. The minimum Gasteiger partial charge on any atom is -0.322 e. The van der Waals surface area contributed by atoms with E-state index in [1.807, 2.05) is 0 Å². The smallest absolute Gasteiger partial charge is 0.0886 e. The molecule has 0 amide bonds. The van der Waals surface area contributed by atoms with Crippen LogP contribution in [-0.4, -0.2) is 15.1 Å². The van der Waals surface area contributed by atoms with E-state index < -0.39 is 0 Å². The number of hydrogen-bond acceptors (Lipinski definition) is 3. The molecule has 9 heavy (non-hydrogen) atoms. The van der Waals surface area contributed by atoms with Crippen molar-refractivity contribution in [3.63, 3.8) is 0 Å². The SMILES string of the molecule is C=CCc1cn(N)nn1. The number of rotatable bonds is 2. The fourth-order valence-electron chi connectivity index (χ4n) is 0.555. The molecule has 48 valence electrons. The maximum absolute atomic E-state index is 5.22. The summed E-state index contributed by atoms with van der Waals surface area (Å²) in [6.45, 7) is 3.55. The molecule has 0 saturated heterocycles. The molecule has 1 aromatic heterocycles. The van der Waals surface area contributed by atoms with Crippen molar-refractivity contribution in [1.29, 1.82) is 0 Å². The Bertz CT molecular complexity index is 202. The zero-order valence-corrected chi connectivity index (χ0v) is 4.99. The number of nitrogen functional groups attached to an aromatic ring is 1. The third-order valence-electron chi connectivity index (χ3n) is 0.911. The van der Waals surface area contributed by atoms with E-state index in [0.717, 1.165) is 12.1 Å². The normalized spacial score (nSPS) is 9.33. The Labute approximate surface area is 52.9 Å². The first-order valence-corrected chi connectivity index (χ1v) is 2.60. The summed E-state index contributed by atoms with van der Waals surface area (Å²) in [4.78, 5) is 1.18. The fourth-order valence-corrected chi connectivity index (χ4v) is 0.555. The maximum atomic E-state index is 5.22. The lowest BCUT2D eigenvalue weighted by molar-refractivity contribution is 0.763. The Morgan fingerprint density at radius 3 is 3.11 bits per heavy atom. The van der Waals surface area contributed by atoms with Gasteiger partial charge in [-0.05, 0) is 5.21 Å². The van der Waals surface area contributed by atoms with Crippen LogP contribution >= 0.6 is 0 Å². The standard InChI is InChI=1S/C5H8N4/c1-2-3-5-4-9(6)8-7-5/h2,4H,1,3,6H2. The van der Waals surface area contributed by atoms with Gasteiger partial charge in [0.05, 0.1) is 11.9 Å². The summed E-state index contributed by atoms with van der Waals surface area (Å²) >= 11 is 0. The molecule has 0 spiro atoms. The van der Waals surface area contributed by atoms with Crippen LogP contribution in [0.1, 0.15) is 5.69 Å². The van der Waals surface area contributed by atoms with E-state index in [-0.39, 0.29) is 0 Å². The summed E-state index contributed by atoms with van der Waals surface area (Å²) < 4.78 is 0. The molecule has 0 unspecified atom stereocenters. The van der Waals surface area contributed by atoms with Gasteiger partial charge in [-0.25, -0.2) is 0 Å². The first-order valence-electron chi connectivity index (χ1n) is 2.60. The second-order valence-electron chi connectivity index (χ2n) is 1.68. The molecular formula is C5H8N4. The highest BCUT2D eigenvalue weighted by molar-refractivity contribution is 4.97. The van der Waals surface area contributed by atoms with Crippen LogP contribution in [0.3, 0.4) is 0 Å². The van der Waals surface area contributed by atoms with E-state index in [0.29, 0.717) is 0 Å². The third kappa shape index (κ3) is 1.28. The lowest BCUT2D eigenvalue weighted by Crippen LogP contribution is -2.07. The zero-order valence-electron chi connectivity index (χ0n) is 4.99. The van der Waals surface area contributed by atoms with Crippen molar-refractivity contribution in [2.75, 3.05) is 5.84 Å². The van der Waals surface area contributed by atoms with E-state index in [1.165, 1.54) is 4.79 Å². The number of aromatic nitrogens is 3. The van der Waals surface area contributed by atoms with Gasteiger partial charge in [-0.1, -0.05) is 6.08 Å². The Balaban J connectivity index is 2.72. The molecule has 1 rings (SSSR count). The lowest BCUT2D eigenvalue weighted by Gasteiger charge is -1.80. The first-order chi connectivity index (χ1) is 4.33. The average molecular weight is 124 g/mol. The van der Waals surface area contributed by atoms with Crippen LogP contribution in [0, 0.1) is 0 Å². The monoisotopic (exact) mass is 124 g/mol. The summed E-state index contributed by atoms with van der Waals surface area (Å²) in [5.41, 5.74) is 0.840. The van der Waals surface area contributed by atoms with Gasteiger partial charge in [0.1, 0.15) is 0 Å². The van der Waals surface area contributed by atoms with Crippen molar-refractivity contribution in [3.8, 4) is 0 Å². The predicted octanol–water partition coefficient (Wildman–Crippen LogP) is -0.280. The van der Waals surface area contributed by atoms with Gasteiger partial charge < -0.3 is 5.84 Å². The second kappa shape index (κ2) is 2.30. The molecule has 0 aromatic carbocycles. The van der Waals surface area contributed by atoms with E-state index in [9.17, 15) is 0 Å². The molecule has 0 aliphatic heterocycles. The minimum absolute atomic E-state index is 0.719. The largest absolute Gasteiger partial charge is 0.322 e. The van der Waals surface area contributed by atoms with Gasteiger partial charge in [-0.2, -0.15) is 4.79 Å². The zero-order chi connectivity index (χ0) is 6.69. The van der Waals surface area contributed by atoms with Gasteiger partial charge in [-0.3, -0.25) is 0 Å². The van der Waals surface area contributed by atoms with Gasteiger partial charge in [0, 0.05) is 6.42 Å². The molecule has 1 aromatic rings. The Morgan fingerprint density at radius 1 is 1.89 bits per heavy atom. The van der Waals surface area contributed by atoms with Crippen LogP contribution < -0.4 is 5.84 Å². The predicted molar refractivity (Wildman–Crippen MR) is 34.1 cm³/mol. The van der Waals surface area contributed by atoms with Crippen molar-refractivity contribution in [2.45, 2.75) is 6.42 Å². The molecule has 1 heterocycles. The molecule has 0 bridgehead atoms. The summed E-state index contributed by atoms with van der Waals surface area (Å²) in [6.07, 6.45) is 4.13. The lowest BCUT2D eigenvalue weighted by atomic mass is 10.3. The van der Waals surface area contributed by atoms with Gasteiger partial charge in [-0.15, -0.1) is 11.7 Å². The van der Waals surface area contributed by atoms with Crippen LogP contribution in [-0.2, 0) is 6.42 Å². The Morgan fingerprint density at radius 2 is 2.67 bits per heavy atom. The van der Waals surface area contributed by atoms with Gasteiger partial charge in [0.25, 0.3) is 0 Å². The quantitative estimate of drug-likeness (QED) is 0.435. The number of nitrogens with zero attached hydrogens (tertiary/aromatic N) is 3. The number of allylic oxidation sites excluding steroid dienone is 1. The van der Waals surface area contributed by atoms with Crippen molar-refractivity contribution >= 4 is 0 Å². The minimum atomic E-state index is 0.719. The summed E-state index contributed by atoms with van der Waals surface area (Å²) in [5.74, 6) is 5.22. The molecule has 0 atom stereocenters.